The minimum atomic E-state index is -1.13. The molecule has 3 aromatic heterocycles. The second-order valence-corrected chi connectivity index (χ2v) is 4.83. The SMILES string of the molecule is Cc1ccc(-n2nc(C(=O)O)cc2-c2ccc(C#N)cn2)cn1. The highest BCUT2D eigenvalue weighted by molar-refractivity contribution is 5.87. The number of aromatic carboxylic acids is 1. The van der Waals surface area contributed by atoms with E-state index in [0.29, 0.717) is 22.6 Å². The van der Waals surface area contributed by atoms with E-state index in [1.54, 1.807) is 24.4 Å². The van der Waals surface area contributed by atoms with E-state index >= 15 is 0 Å². The summed E-state index contributed by atoms with van der Waals surface area (Å²) in [7, 11) is 0. The average Bonchev–Trinajstić information content (AvgIpc) is 3.01. The normalized spacial score (nSPS) is 10.3. The number of carboxylic acids is 1. The summed E-state index contributed by atoms with van der Waals surface area (Å²) >= 11 is 0. The fraction of sp³-hybridized carbons (Fsp3) is 0.0625. The molecule has 7 heteroatoms. The van der Waals surface area contributed by atoms with Gasteiger partial charge in [0.25, 0.3) is 0 Å². The number of carbonyl (C=O) groups is 1. The van der Waals surface area contributed by atoms with Gasteiger partial charge < -0.3 is 5.11 Å². The highest BCUT2D eigenvalue weighted by atomic mass is 16.4. The zero-order valence-electron chi connectivity index (χ0n) is 12.1. The standard InChI is InChI=1S/C16H11N5O2/c1-10-2-4-12(9-18-10)21-15(6-14(20-21)16(22)23)13-5-3-11(7-17)8-19-13/h2-6,8-9H,1H3,(H,22,23). The molecule has 0 aliphatic heterocycles. The second-order valence-electron chi connectivity index (χ2n) is 4.83. The Labute approximate surface area is 131 Å². The predicted octanol–water partition coefficient (Wildman–Crippen LogP) is 2.21. The van der Waals surface area contributed by atoms with Crippen LogP contribution in [0.25, 0.3) is 17.1 Å². The molecular weight excluding hydrogens is 294 g/mol. The van der Waals surface area contributed by atoms with Gasteiger partial charge in [0, 0.05) is 18.0 Å². The zero-order chi connectivity index (χ0) is 16.4. The summed E-state index contributed by atoms with van der Waals surface area (Å²) in [5.41, 5.74) is 2.84. The quantitative estimate of drug-likeness (QED) is 0.795. The average molecular weight is 305 g/mol. The van der Waals surface area contributed by atoms with Crippen molar-refractivity contribution >= 4 is 5.97 Å². The number of carboxylic acid groups (broad SMARTS) is 1. The summed E-state index contributed by atoms with van der Waals surface area (Å²) in [5.74, 6) is -1.13. The van der Waals surface area contributed by atoms with E-state index in [1.807, 2.05) is 19.1 Å². The number of nitrogens with zero attached hydrogens (tertiary/aromatic N) is 5. The molecule has 3 aromatic rings. The lowest BCUT2D eigenvalue weighted by atomic mass is 10.2. The van der Waals surface area contributed by atoms with Crippen LogP contribution >= 0.6 is 0 Å². The van der Waals surface area contributed by atoms with Gasteiger partial charge in [0.05, 0.1) is 28.8 Å². The molecule has 3 heterocycles. The first kappa shape index (κ1) is 14.4. The van der Waals surface area contributed by atoms with Gasteiger partial charge in [0.2, 0.25) is 0 Å². The van der Waals surface area contributed by atoms with Crippen molar-refractivity contribution in [1.29, 1.82) is 5.26 Å². The molecule has 112 valence electrons. The number of nitriles is 1. The Morgan fingerprint density at radius 1 is 1.22 bits per heavy atom. The zero-order valence-corrected chi connectivity index (χ0v) is 12.1. The molecule has 7 nitrogen and oxygen atoms in total. The lowest BCUT2D eigenvalue weighted by Crippen LogP contribution is -2.03. The molecule has 0 bridgehead atoms. The third-order valence-corrected chi connectivity index (χ3v) is 3.22. The predicted molar refractivity (Wildman–Crippen MR) is 81.0 cm³/mol. The van der Waals surface area contributed by atoms with Crippen LogP contribution in [0.2, 0.25) is 0 Å². The van der Waals surface area contributed by atoms with Gasteiger partial charge in [0.15, 0.2) is 5.69 Å². The summed E-state index contributed by atoms with van der Waals surface area (Å²) in [6.45, 7) is 1.86. The van der Waals surface area contributed by atoms with Crippen LogP contribution in [0, 0.1) is 18.3 Å². The smallest absolute Gasteiger partial charge is 0.356 e. The van der Waals surface area contributed by atoms with Crippen LogP contribution in [0.3, 0.4) is 0 Å². The van der Waals surface area contributed by atoms with Crippen molar-refractivity contribution in [3.8, 4) is 23.1 Å². The van der Waals surface area contributed by atoms with E-state index < -0.39 is 5.97 Å². The van der Waals surface area contributed by atoms with Crippen LogP contribution in [0.1, 0.15) is 21.7 Å². The van der Waals surface area contributed by atoms with Crippen molar-refractivity contribution in [2.24, 2.45) is 0 Å². The second kappa shape index (κ2) is 5.69. The summed E-state index contributed by atoms with van der Waals surface area (Å²) in [4.78, 5) is 19.6. The molecule has 23 heavy (non-hydrogen) atoms. The minimum Gasteiger partial charge on any atom is -0.476 e. The van der Waals surface area contributed by atoms with Crippen molar-refractivity contribution in [1.82, 2.24) is 19.7 Å². The molecule has 0 saturated heterocycles. The van der Waals surface area contributed by atoms with Gasteiger partial charge in [0.1, 0.15) is 6.07 Å². The van der Waals surface area contributed by atoms with Gasteiger partial charge in [-0.2, -0.15) is 10.4 Å². The van der Waals surface area contributed by atoms with Crippen LogP contribution in [0.4, 0.5) is 0 Å². The fourth-order valence-corrected chi connectivity index (χ4v) is 2.06. The van der Waals surface area contributed by atoms with Crippen LogP contribution in [-0.2, 0) is 0 Å². The first-order chi connectivity index (χ1) is 11.1. The Balaban J connectivity index is 2.16. The van der Waals surface area contributed by atoms with Crippen molar-refractivity contribution in [2.45, 2.75) is 6.92 Å². The number of hydrogen-bond donors (Lipinski definition) is 1. The molecule has 0 atom stereocenters. The monoisotopic (exact) mass is 305 g/mol. The van der Waals surface area contributed by atoms with Crippen LogP contribution in [0.15, 0.2) is 42.7 Å². The van der Waals surface area contributed by atoms with Crippen molar-refractivity contribution in [3.05, 3.63) is 59.7 Å². The number of pyridine rings is 2. The third kappa shape index (κ3) is 2.78. The summed E-state index contributed by atoms with van der Waals surface area (Å²) in [6, 6.07) is 10.3. The largest absolute Gasteiger partial charge is 0.476 e. The Bertz CT molecular complexity index is 905. The van der Waals surface area contributed by atoms with Gasteiger partial charge in [-0.05, 0) is 31.2 Å². The van der Waals surface area contributed by atoms with Gasteiger partial charge in [-0.25, -0.2) is 9.48 Å². The summed E-state index contributed by atoms with van der Waals surface area (Å²) < 4.78 is 1.48. The van der Waals surface area contributed by atoms with E-state index in [2.05, 4.69) is 15.1 Å². The number of hydrogen-bond acceptors (Lipinski definition) is 5. The topological polar surface area (TPSA) is 105 Å². The van der Waals surface area contributed by atoms with Crippen molar-refractivity contribution in [3.63, 3.8) is 0 Å². The van der Waals surface area contributed by atoms with Gasteiger partial charge in [-0.1, -0.05) is 0 Å². The molecule has 0 amide bonds. The molecule has 0 aliphatic rings. The van der Waals surface area contributed by atoms with E-state index in [1.165, 1.54) is 16.9 Å². The van der Waals surface area contributed by atoms with Crippen LogP contribution in [0.5, 0.6) is 0 Å². The van der Waals surface area contributed by atoms with Crippen LogP contribution in [-0.4, -0.2) is 30.8 Å². The lowest BCUT2D eigenvalue weighted by molar-refractivity contribution is 0.0690. The first-order valence-corrected chi connectivity index (χ1v) is 6.71. The Hall–Kier alpha value is -3.53. The number of aryl methyl sites for hydroxylation is 1. The van der Waals surface area contributed by atoms with E-state index in [4.69, 9.17) is 5.26 Å². The molecule has 0 aliphatic carbocycles. The Morgan fingerprint density at radius 2 is 2.04 bits per heavy atom. The highest BCUT2D eigenvalue weighted by Crippen LogP contribution is 2.22. The van der Waals surface area contributed by atoms with Gasteiger partial charge >= 0.3 is 5.97 Å². The fourth-order valence-electron chi connectivity index (χ4n) is 2.06. The maximum Gasteiger partial charge on any atom is 0.356 e. The van der Waals surface area contributed by atoms with Gasteiger partial charge in [-0.3, -0.25) is 9.97 Å². The molecule has 0 aromatic carbocycles. The maximum atomic E-state index is 11.2. The van der Waals surface area contributed by atoms with Gasteiger partial charge in [-0.15, -0.1) is 0 Å². The van der Waals surface area contributed by atoms with Crippen LogP contribution < -0.4 is 0 Å². The Kier molecular flexibility index (Phi) is 3.57. The van der Waals surface area contributed by atoms with Crippen molar-refractivity contribution < 1.29 is 9.90 Å². The molecule has 0 radical (unpaired) electrons. The molecule has 0 fully saturated rings. The highest BCUT2D eigenvalue weighted by Gasteiger charge is 2.17. The molecule has 0 spiro atoms. The molecule has 0 saturated carbocycles. The Morgan fingerprint density at radius 3 is 2.61 bits per heavy atom. The minimum absolute atomic E-state index is 0.0910. The molecule has 0 unspecified atom stereocenters. The first-order valence-electron chi connectivity index (χ1n) is 6.71. The summed E-state index contributed by atoms with van der Waals surface area (Å²) in [6.07, 6.45) is 3.04. The maximum absolute atomic E-state index is 11.2. The number of aromatic nitrogens is 4. The summed E-state index contributed by atoms with van der Waals surface area (Å²) in [5, 5.41) is 22.1. The molecule has 3 rings (SSSR count). The van der Waals surface area contributed by atoms with E-state index in [0.717, 1.165) is 5.69 Å². The van der Waals surface area contributed by atoms with E-state index in [-0.39, 0.29) is 5.69 Å². The van der Waals surface area contributed by atoms with E-state index in [9.17, 15) is 9.90 Å². The van der Waals surface area contributed by atoms with Crippen molar-refractivity contribution in [2.75, 3.05) is 0 Å². The lowest BCUT2D eigenvalue weighted by Gasteiger charge is -2.06. The number of rotatable bonds is 3. The molecule has 1 N–H and O–H groups in total. The molecular formula is C16H11N5O2. The third-order valence-electron chi connectivity index (χ3n) is 3.22.